The third-order valence-electron chi connectivity index (χ3n) is 2.44. The number of halogens is 2. The second kappa shape index (κ2) is 5.66. The molecule has 0 fully saturated rings. The molecule has 0 aliphatic carbocycles. The fourth-order valence-electron chi connectivity index (χ4n) is 1.47. The van der Waals surface area contributed by atoms with Gasteiger partial charge in [-0.1, -0.05) is 17.7 Å². The number of nitrogens with zero attached hydrogens (tertiary/aromatic N) is 1. The minimum absolute atomic E-state index is 0.181. The van der Waals surface area contributed by atoms with Crippen molar-refractivity contribution in [3.05, 3.63) is 63.4 Å². The molecule has 0 aliphatic rings. The van der Waals surface area contributed by atoms with E-state index in [2.05, 4.69) is 0 Å². The van der Waals surface area contributed by atoms with E-state index in [1.165, 1.54) is 12.1 Å². The van der Waals surface area contributed by atoms with Crippen molar-refractivity contribution in [3.63, 3.8) is 0 Å². The van der Waals surface area contributed by atoms with Gasteiger partial charge in [-0.2, -0.15) is 8.42 Å². The number of nitro groups is 1. The summed E-state index contributed by atoms with van der Waals surface area (Å²) in [5.74, 6) is -1.30. The highest BCUT2D eigenvalue weighted by Crippen LogP contribution is 2.26. The van der Waals surface area contributed by atoms with Gasteiger partial charge in [-0.15, -0.1) is 0 Å². The van der Waals surface area contributed by atoms with Crippen LogP contribution in [-0.4, -0.2) is 13.3 Å². The normalized spacial score (nSPS) is 11.1. The zero-order valence-electron chi connectivity index (χ0n) is 10.2. The summed E-state index contributed by atoms with van der Waals surface area (Å²) in [6.07, 6.45) is 0. The van der Waals surface area contributed by atoms with Crippen LogP contribution in [0.5, 0.6) is 5.75 Å². The molecule has 0 radical (unpaired) electrons. The van der Waals surface area contributed by atoms with Crippen LogP contribution in [-0.2, 0) is 10.1 Å². The van der Waals surface area contributed by atoms with E-state index in [0.29, 0.717) is 0 Å². The summed E-state index contributed by atoms with van der Waals surface area (Å²) in [7, 11) is -4.43. The lowest BCUT2D eigenvalue weighted by molar-refractivity contribution is -0.384. The molecule has 2 aromatic rings. The van der Waals surface area contributed by atoms with Crippen LogP contribution in [0.15, 0.2) is 47.4 Å². The molecule has 0 heterocycles. The van der Waals surface area contributed by atoms with Crippen LogP contribution in [0.4, 0.5) is 10.1 Å². The number of nitro benzene ring substituents is 1. The summed E-state index contributed by atoms with van der Waals surface area (Å²) in [4.78, 5) is 9.12. The Kier molecular flexibility index (Phi) is 4.10. The first-order valence-electron chi connectivity index (χ1n) is 5.44. The molecule has 0 aromatic heterocycles. The highest BCUT2D eigenvalue weighted by atomic mass is 35.5. The van der Waals surface area contributed by atoms with Gasteiger partial charge in [0.25, 0.3) is 5.69 Å². The molecule has 0 spiro atoms. The van der Waals surface area contributed by atoms with Crippen molar-refractivity contribution < 1.29 is 21.9 Å². The molecule has 110 valence electrons. The van der Waals surface area contributed by atoms with Gasteiger partial charge in [-0.25, -0.2) is 4.39 Å². The smallest absolute Gasteiger partial charge is 0.342 e. The van der Waals surface area contributed by atoms with Gasteiger partial charge in [0, 0.05) is 12.1 Å². The third-order valence-corrected chi connectivity index (χ3v) is 4.00. The molecule has 2 aromatic carbocycles. The number of benzene rings is 2. The van der Waals surface area contributed by atoms with Crippen molar-refractivity contribution in [2.75, 3.05) is 0 Å². The molecule has 0 amide bonds. The Morgan fingerprint density at radius 1 is 1.14 bits per heavy atom. The molecule has 0 saturated heterocycles. The van der Waals surface area contributed by atoms with E-state index in [0.717, 1.165) is 30.3 Å². The Bertz CT molecular complexity index is 792. The lowest BCUT2D eigenvalue weighted by atomic mass is 10.3. The van der Waals surface area contributed by atoms with Gasteiger partial charge in [0.15, 0.2) is 5.82 Å². The van der Waals surface area contributed by atoms with E-state index in [9.17, 15) is 22.9 Å². The Morgan fingerprint density at radius 3 is 2.33 bits per heavy atom. The Hall–Kier alpha value is -2.19. The van der Waals surface area contributed by atoms with Crippen LogP contribution in [0.3, 0.4) is 0 Å². The van der Waals surface area contributed by atoms with Gasteiger partial charge in [-0.3, -0.25) is 10.1 Å². The van der Waals surface area contributed by atoms with E-state index in [1.54, 1.807) is 0 Å². The summed E-state index contributed by atoms with van der Waals surface area (Å²) >= 11 is 5.51. The predicted octanol–water partition coefficient (Wildman–Crippen LogP) is 3.16. The molecule has 0 N–H and O–H groups in total. The van der Waals surface area contributed by atoms with Crippen LogP contribution in [0, 0.1) is 15.9 Å². The van der Waals surface area contributed by atoms with Crippen molar-refractivity contribution in [2.45, 2.75) is 4.90 Å². The van der Waals surface area contributed by atoms with E-state index in [4.69, 9.17) is 15.8 Å². The van der Waals surface area contributed by atoms with E-state index in [1.807, 2.05) is 0 Å². The van der Waals surface area contributed by atoms with Crippen molar-refractivity contribution >= 4 is 27.4 Å². The van der Waals surface area contributed by atoms with Gasteiger partial charge in [0.2, 0.25) is 0 Å². The van der Waals surface area contributed by atoms with E-state index < -0.39 is 25.8 Å². The van der Waals surface area contributed by atoms with Crippen molar-refractivity contribution in [1.82, 2.24) is 0 Å². The quantitative estimate of drug-likeness (QED) is 0.488. The lowest BCUT2D eigenvalue weighted by Crippen LogP contribution is -2.11. The molecule has 0 saturated carbocycles. The first-order chi connectivity index (χ1) is 9.81. The molecular formula is C12H7ClFNO5S. The highest BCUT2D eigenvalue weighted by Gasteiger charge is 2.23. The summed E-state index contributed by atoms with van der Waals surface area (Å²) in [6, 6.07) is 7.79. The zero-order valence-corrected chi connectivity index (χ0v) is 11.8. The molecule has 0 atom stereocenters. The minimum Gasteiger partial charge on any atom is -0.379 e. The summed E-state index contributed by atoms with van der Waals surface area (Å²) in [5, 5.41) is 10.1. The van der Waals surface area contributed by atoms with E-state index in [-0.39, 0.29) is 16.5 Å². The zero-order chi connectivity index (χ0) is 15.6. The number of hydrogen-bond acceptors (Lipinski definition) is 5. The highest BCUT2D eigenvalue weighted by molar-refractivity contribution is 7.87. The average molecular weight is 332 g/mol. The van der Waals surface area contributed by atoms with Crippen molar-refractivity contribution in [3.8, 4) is 5.75 Å². The first-order valence-corrected chi connectivity index (χ1v) is 7.23. The van der Waals surface area contributed by atoms with Gasteiger partial charge >= 0.3 is 10.1 Å². The fourth-order valence-corrected chi connectivity index (χ4v) is 2.73. The van der Waals surface area contributed by atoms with E-state index >= 15 is 0 Å². The summed E-state index contributed by atoms with van der Waals surface area (Å²) in [5.41, 5.74) is -0.228. The molecule has 0 aliphatic heterocycles. The molecule has 9 heteroatoms. The Morgan fingerprint density at radius 2 is 1.76 bits per heavy atom. The third kappa shape index (κ3) is 3.29. The molecule has 0 bridgehead atoms. The van der Waals surface area contributed by atoms with Crippen LogP contribution < -0.4 is 4.18 Å². The minimum atomic E-state index is -4.43. The second-order valence-corrected chi connectivity index (χ2v) is 5.76. The van der Waals surface area contributed by atoms with Gasteiger partial charge in [0.05, 0.1) is 9.95 Å². The molecule has 2 rings (SSSR count). The summed E-state index contributed by atoms with van der Waals surface area (Å²) < 4.78 is 42.3. The maximum atomic E-state index is 13.7. The molecule has 0 unspecified atom stereocenters. The lowest BCUT2D eigenvalue weighted by Gasteiger charge is -2.08. The van der Waals surface area contributed by atoms with Crippen molar-refractivity contribution in [2.24, 2.45) is 0 Å². The maximum Gasteiger partial charge on any atom is 0.342 e. The predicted molar refractivity (Wildman–Crippen MR) is 72.3 cm³/mol. The number of non-ortho nitro benzene ring substituents is 1. The largest absolute Gasteiger partial charge is 0.379 e. The molecular weight excluding hydrogens is 325 g/mol. The van der Waals surface area contributed by atoms with Gasteiger partial charge < -0.3 is 4.18 Å². The van der Waals surface area contributed by atoms with Crippen LogP contribution in [0.2, 0.25) is 5.02 Å². The Labute approximate surface area is 124 Å². The number of hydrogen-bond donors (Lipinski definition) is 0. The average Bonchev–Trinajstić information content (AvgIpc) is 2.41. The molecule has 6 nitrogen and oxygen atoms in total. The summed E-state index contributed by atoms with van der Waals surface area (Å²) in [6.45, 7) is 0. The SMILES string of the molecule is O=[N+]([O-])c1ccc(OS(=O)(=O)c2cccc(Cl)c2F)cc1. The van der Waals surface area contributed by atoms with Gasteiger partial charge in [-0.05, 0) is 24.3 Å². The first kappa shape index (κ1) is 15.2. The topological polar surface area (TPSA) is 86.5 Å². The number of rotatable bonds is 4. The van der Waals surface area contributed by atoms with Gasteiger partial charge in [0.1, 0.15) is 10.6 Å². The second-order valence-electron chi connectivity index (χ2n) is 3.84. The monoisotopic (exact) mass is 331 g/mol. The van der Waals surface area contributed by atoms with Crippen LogP contribution in [0.25, 0.3) is 0 Å². The van der Waals surface area contributed by atoms with Crippen LogP contribution in [0.1, 0.15) is 0 Å². The Balaban J connectivity index is 2.33. The van der Waals surface area contributed by atoms with Crippen molar-refractivity contribution in [1.29, 1.82) is 0 Å². The van der Waals surface area contributed by atoms with Crippen LogP contribution >= 0.6 is 11.6 Å². The standard InChI is InChI=1S/C12H7ClFNO5S/c13-10-2-1-3-11(12(10)14)21(18,19)20-9-6-4-8(5-7-9)15(16)17/h1-7H. The fraction of sp³-hybridized carbons (Fsp3) is 0. The maximum absolute atomic E-state index is 13.7. The molecule has 21 heavy (non-hydrogen) atoms.